The molecule has 0 saturated heterocycles. The Kier molecular flexibility index (Phi) is 3.27. The normalized spacial score (nSPS) is 22.2. The molecule has 0 spiro atoms. The zero-order valence-corrected chi connectivity index (χ0v) is 15.0. The summed E-state index contributed by atoms with van der Waals surface area (Å²) >= 11 is 0. The van der Waals surface area contributed by atoms with Gasteiger partial charge in [0.05, 0.1) is 11.7 Å². The van der Waals surface area contributed by atoms with Crippen LogP contribution < -0.4 is 0 Å². The molecule has 2 aliphatic rings. The standard InChI is InChI=1S/C21H20N6/c1-2-4-17-15(3-1)10-23-19(25-17)9-13-7-16(8-13)27-20(14-5-6-14)26-18-11-22-12-24-21(18)27/h1-4,10-14,16H,5-9H2. The molecule has 2 fully saturated rings. The van der Waals surface area contributed by atoms with Crippen molar-refractivity contribution in [1.29, 1.82) is 0 Å². The lowest BCUT2D eigenvalue weighted by Crippen LogP contribution is -2.30. The molecule has 0 N–H and O–H groups in total. The van der Waals surface area contributed by atoms with Crippen LogP contribution in [0.4, 0.5) is 0 Å². The van der Waals surface area contributed by atoms with Gasteiger partial charge >= 0.3 is 0 Å². The summed E-state index contributed by atoms with van der Waals surface area (Å²) in [6, 6.07) is 8.67. The maximum Gasteiger partial charge on any atom is 0.163 e. The van der Waals surface area contributed by atoms with Gasteiger partial charge in [-0.25, -0.2) is 24.9 Å². The van der Waals surface area contributed by atoms with E-state index in [-0.39, 0.29) is 0 Å². The molecule has 6 rings (SSSR count). The van der Waals surface area contributed by atoms with Crippen molar-refractivity contribution >= 4 is 22.1 Å². The summed E-state index contributed by atoms with van der Waals surface area (Å²) in [5, 5.41) is 1.10. The maximum atomic E-state index is 4.83. The lowest BCUT2D eigenvalue weighted by Gasteiger charge is -2.37. The second-order valence-corrected chi connectivity index (χ2v) is 7.89. The van der Waals surface area contributed by atoms with Crippen LogP contribution in [0.15, 0.2) is 43.0 Å². The molecule has 0 bridgehead atoms. The van der Waals surface area contributed by atoms with E-state index in [0.29, 0.717) is 17.9 Å². The highest BCUT2D eigenvalue weighted by Crippen LogP contribution is 2.46. The third-order valence-electron chi connectivity index (χ3n) is 5.91. The Hall–Kier alpha value is -2.89. The molecule has 4 aromatic rings. The van der Waals surface area contributed by atoms with Crippen molar-refractivity contribution in [3.8, 4) is 0 Å². The molecule has 0 amide bonds. The number of para-hydroxylation sites is 1. The Balaban J connectivity index is 1.23. The van der Waals surface area contributed by atoms with Crippen LogP contribution in [0.1, 0.15) is 49.3 Å². The van der Waals surface area contributed by atoms with Gasteiger partial charge in [0.1, 0.15) is 23.5 Å². The van der Waals surface area contributed by atoms with Crippen LogP contribution in [0.2, 0.25) is 0 Å². The molecule has 1 aromatic carbocycles. The zero-order chi connectivity index (χ0) is 17.8. The predicted octanol–water partition coefficient (Wildman–Crippen LogP) is 3.84. The van der Waals surface area contributed by atoms with E-state index in [9.17, 15) is 0 Å². The minimum absolute atomic E-state index is 0.492. The van der Waals surface area contributed by atoms with Crippen LogP contribution in [0.5, 0.6) is 0 Å². The Bertz CT molecular complexity index is 1140. The third-order valence-corrected chi connectivity index (χ3v) is 5.91. The Morgan fingerprint density at radius 1 is 0.963 bits per heavy atom. The van der Waals surface area contributed by atoms with Gasteiger partial charge in [-0.1, -0.05) is 18.2 Å². The number of hydrogen-bond donors (Lipinski definition) is 0. The first kappa shape index (κ1) is 15.2. The summed E-state index contributed by atoms with van der Waals surface area (Å²) in [5.41, 5.74) is 2.96. The summed E-state index contributed by atoms with van der Waals surface area (Å²) < 4.78 is 2.40. The molecule has 0 radical (unpaired) electrons. The fourth-order valence-corrected chi connectivity index (χ4v) is 4.30. The lowest BCUT2D eigenvalue weighted by atomic mass is 9.77. The highest BCUT2D eigenvalue weighted by atomic mass is 15.2. The van der Waals surface area contributed by atoms with Crippen molar-refractivity contribution in [1.82, 2.24) is 29.5 Å². The molecule has 3 aromatic heterocycles. The average molecular weight is 356 g/mol. The van der Waals surface area contributed by atoms with E-state index in [1.807, 2.05) is 24.5 Å². The van der Waals surface area contributed by atoms with Crippen molar-refractivity contribution in [2.24, 2.45) is 5.92 Å². The van der Waals surface area contributed by atoms with E-state index in [2.05, 4.69) is 31.7 Å². The fourth-order valence-electron chi connectivity index (χ4n) is 4.30. The maximum absolute atomic E-state index is 4.83. The van der Waals surface area contributed by atoms with E-state index in [1.165, 1.54) is 18.7 Å². The van der Waals surface area contributed by atoms with Gasteiger partial charge in [0.25, 0.3) is 0 Å². The molecular weight excluding hydrogens is 336 g/mol. The van der Waals surface area contributed by atoms with Crippen molar-refractivity contribution in [2.75, 3.05) is 0 Å². The topological polar surface area (TPSA) is 69.4 Å². The highest BCUT2D eigenvalue weighted by Gasteiger charge is 2.37. The number of nitrogens with zero attached hydrogens (tertiary/aromatic N) is 6. The van der Waals surface area contributed by atoms with Crippen LogP contribution in [0.25, 0.3) is 22.1 Å². The van der Waals surface area contributed by atoms with Crippen LogP contribution in [-0.2, 0) is 6.42 Å². The van der Waals surface area contributed by atoms with Gasteiger partial charge in [-0.05, 0) is 37.7 Å². The SMILES string of the molecule is c1ccc2nc(CC3CC(n4c(C5CC5)nc5cncnc54)C3)ncc2c1. The van der Waals surface area contributed by atoms with E-state index in [4.69, 9.17) is 9.97 Å². The molecule has 0 atom stereocenters. The number of hydrogen-bond acceptors (Lipinski definition) is 5. The first-order valence-corrected chi connectivity index (χ1v) is 9.73. The predicted molar refractivity (Wildman–Crippen MR) is 102 cm³/mol. The van der Waals surface area contributed by atoms with E-state index in [0.717, 1.165) is 47.2 Å². The lowest BCUT2D eigenvalue weighted by molar-refractivity contribution is 0.194. The first-order chi connectivity index (χ1) is 13.3. The molecule has 6 heteroatoms. The third kappa shape index (κ3) is 2.59. The van der Waals surface area contributed by atoms with E-state index >= 15 is 0 Å². The summed E-state index contributed by atoms with van der Waals surface area (Å²) in [5.74, 6) is 3.41. The molecule has 3 heterocycles. The Labute approximate surface area is 156 Å². The van der Waals surface area contributed by atoms with Crippen LogP contribution in [0, 0.1) is 5.92 Å². The highest BCUT2D eigenvalue weighted by molar-refractivity contribution is 5.77. The molecule has 27 heavy (non-hydrogen) atoms. The smallest absolute Gasteiger partial charge is 0.163 e. The van der Waals surface area contributed by atoms with Gasteiger partial charge in [0.15, 0.2) is 5.65 Å². The zero-order valence-electron chi connectivity index (χ0n) is 15.0. The van der Waals surface area contributed by atoms with Gasteiger partial charge in [0, 0.05) is 30.0 Å². The second kappa shape index (κ2) is 5.81. The van der Waals surface area contributed by atoms with E-state index in [1.54, 1.807) is 6.33 Å². The number of benzene rings is 1. The van der Waals surface area contributed by atoms with Crippen LogP contribution >= 0.6 is 0 Å². The Morgan fingerprint density at radius 3 is 2.74 bits per heavy atom. The van der Waals surface area contributed by atoms with Gasteiger partial charge in [-0.2, -0.15) is 0 Å². The van der Waals surface area contributed by atoms with Crippen molar-refractivity contribution < 1.29 is 0 Å². The summed E-state index contributed by atoms with van der Waals surface area (Å²) in [7, 11) is 0. The number of imidazole rings is 1. The van der Waals surface area contributed by atoms with Crippen LogP contribution in [0.3, 0.4) is 0 Å². The van der Waals surface area contributed by atoms with E-state index < -0.39 is 0 Å². The first-order valence-electron chi connectivity index (χ1n) is 9.73. The summed E-state index contributed by atoms with van der Waals surface area (Å²) in [4.78, 5) is 22.8. The molecular formula is C21H20N6. The number of fused-ring (bicyclic) bond motifs is 2. The summed E-state index contributed by atoms with van der Waals surface area (Å²) in [6.45, 7) is 0. The largest absolute Gasteiger partial charge is 0.309 e. The molecule has 134 valence electrons. The van der Waals surface area contributed by atoms with Crippen molar-refractivity contribution in [2.45, 2.75) is 44.1 Å². The summed E-state index contributed by atoms with van der Waals surface area (Å²) in [6.07, 6.45) is 11.1. The quantitative estimate of drug-likeness (QED) is 0.556. The minimum atomic E-state index is 0.492. The molecule has 6 nitrogen and oxygen atoms in total. The second-order valence-electron chi connectivity index (χ2n) is 7.89. The Morgan fingerprint density at radius 2 is 1.85 bits per heavy atom. The van der Waals surface area contributed by atoms with Gasteiger partial charge in [-0.3, -0.25) is 0 Å². The van der Waals surface area contributed by atoms with Crippen LogP contribution in [-0.4, -0.2) is 29.5 Å². The van der Waals surface area contributed by atoms with Gasteiger partial charge < -0.3 is 4.57 Å². The number of rotatable bonds is 4. The number of aromatic nitrogens is 6. The molecule has 2 saturated carbocycles. The monoisotopic (exact) mass is 356 g/mol. The average Bonchev–Trinajstić information content (AvgIpc) is 3.45. The van der Waals surface area contributed by atoms with Crippen molar-refractivity contribution in [3.63, 3.8) is 0 Å². The molecule has 0 unspecified atom stereocenters. The van der Waals surface area contributed by atoms with Crippen molar-refractivity contribution in [3.05, 3.63) is 54.6 Å². The van der Waals surface area contributed by atoms with Gasteiger partial charge in [-0.15, -0.1) is 0 Å². The minimum Gasteiger partial charge on any atom is -0.309 e. The molecule has 0 aliphatic heterocycles. The van der Waals surface area contributed by atoms with Gasteiger partial charge in [0.2, 0.25) is 0 Å². The fraction of sp³-hybridized carbons (Fsp3) is 0.381. The molecule has 2 aliphatic carbocycles.